The van der Waals surface area contributed by atoms with Crippen molar-refractivity contribution in [3.63, 3.8) is 0 Å². The van der Waals surface area contributed by atoms with E-state index < -0.39 is 10.8 Å². The number of fused-ring (bicyclic) bond motifs is 1. The van der Waals surface area contributed by atoms with Crippen molar-refractivity contribution in [2.45, 2.75) is 13.0 Å². The molecule has 0 spiro atoms. The second-order valence-corrected chi connectivity index (χ2v) is 5.75. The molecule has 0 radical (unpaired) electrons. The fourth-order valence-electron chi connectivity index (χ4n) is 1.89. The number of benzene rings is 1. The smallest absolute Gasteiger partial charge is 0.203 e. The maximum absolute atomic E-state index is 11.1. The van der Waals surface area contributed by atoms with Crippen molar-refractivity contribution in [1.29, 1.82) is 0 Å². The van der Waals surface area contributed by atoms with E-state index in [1.807, 2.05) is 42.8 Å². The summed E-state index contributed by atoms with van der Waals surface area (Å²) in [5, 5.41) is 3.29. The lowest BCUT2D eigenvalue weighted by Gasteiger charge is -2.12. The Balaban J connectivity index is 2.24. The van der Waals surface area contributed by atoms with Gasteiger partial charge in [-0.1, -0.05) is 12.1 Å². The van der Waals surface area contributed by atoms with Crippen molar-refractivity contribution >= 4 is 27.8 Å². The second kappa shape index (κ2) is 4.87. The molecule has 2 rings (SSSR count). The fourth-order valence-corrected chi connectivity index (χ4v) is 2.68. The topological polar surface area (TPSA) is 46.9 Å². The van der Waals surface area contributed by atoms with Crippen LogP contribution in [-0.2, 0) is 17.8 Å². The van der Waals surface area contributed by atoms with Gasteiger partial charge in [-0.05, 0) is 19.1 Å². The molecule has 0 saturated heterocycles. The first kappa shape index (κ1) is 12.1. The summed E-state index contributed by atoms with van der Waals surface area (Å²) in [5.41, 5.74) is 2.07. The van der Waals surface area contributed by atoms with Crippen LogP contribution in [0.1, 0.15) is 6.92 Å². The van der Waals surface area contributed by atoms with E-state index >= 15 is 0 Å². The van der Waals surface area contributed by atoms with Gasteiger partial charge in [-0.25, -0.2) is 4.98 Å². The molecule has 0 aliphatic rings. The van der Waals surface area contributed by atoms with Gasteiger partial charge in [0.15, 0.2) is 0 Å². The van der Waals surface area contributed by atoms with Gasteiger partial charge in [-0.3, -0.25) is 4.21 Å². The first-order valence-electron chi connectivity index (χ1n) is 5.56. The average molecular weight is 251 g/mol. The zero-order valence-electron chi connectivity index (χ0n) is 10.3. The van der Waals surface area contributed by atoms with Gasteiger partial charge in [-0.2, -0.15) is 0 Å². The highest BCUT2D eigenvalue weighted by Gasteiger charge is 2.10. The van der Waals surface area contributed by atoms with Crippen LogP contribution in [-0.4, -0.2) is 31.8 Å². The molecule has 0 fully saturated rings. The quantitative estimate of drug-likeness (QED) is 0.900. The van der Waals surface area contributed by atoms with Crippen LogP contribution in [0, 0.1) is 0 Å². The molecule has 2 unspecified atom stereocenters. The largest absolute Gasteiger partial charge is 0.352 e. The lowest BCUT2D eigenvalue weighted by atomic mass is 10.3. The van der Waals surface area contributed by atoms with Crippen LogP contribution in [0.2, 0.25) is 0 Å². The van der Waals surface area contributed by atoms with Crippen molar-refractivity contribution in [2.24, 2.45) is 7.05 Å². The number of anilines is 1. The molecule has 0 amide bonds. The van der Waals surface area contributed by atoms with E-state index in [2.05, 4.69) is 10.3 Å². The molecule has 92 valence electrons. The lowest BCUT2D eigenvalue weighted by molar-refractivity contribution is 0.682. The molecular weight excluding hydrogens is 234 g/mol. The Bertz CT molecular complexity index is 550. The molecule has 1 aromatic heterocycles. The molecule has 4 nitrogen and oxygen atoms in total. The zero-order chi connectivity index (χ0) is 12.4. The molecule has 2 aromatic rings. The highest BCUT2D eigenvalue weighted by Crippen LogP contribution is 2.18. The number of nitrogens with one attached hydrogen (secondary N) is 1. The fraction of sp³-hybridized carbons (Fsp3) is 0.417. The number of hydrogen-bond donors (Lipinski definition) is 1. The van der Waals surface area contributed by atoms with Gasteiger partial charge in [0.2, 0.25) is 5.95 Å². The third-order valence-corrected chi connectivity index (χ3v) is 3.62. The third kappa shape index (κ3) is 2.66. The van der Waals surface area contributed by atoms with E-state index in [1.54, 1.807) is 6.26 Å². The minimum Gasteiger partial charge on any atom is -0.352 e. The lowest BCUT2D eigenvalue weighted by Crippen LogP contribution is -2.23. The summed E-state index contributed by atoms with van der Waals surface area (Å²) in [7, 11) is 1.19. The molecule has 1 heterocycles. The van der Waals surface area contributed by atoms with Gasteiger partial charge in [0.05, 0.1) is 11.0 Å². The van der Waals surface area contributed by atoms with Gasteiger partial charge in [0.1, 0.15) is 0 Å². The van der Waals surface area contributed by atoms with Crippen molar-refractivity contribution in [3.05, 3.63) is 24.3 Å². The molecule has 1 N–H and O–H groups in total. The first-order chi connectivity index (χ1) is 8.08. The first-order valence-corrected chi connectivity index (χ1v) is 7.28. The van der Waals surface area contributed by atoms with E-state index in [9.17, 15) is 4.21 Å². The van der Waals surface area contributed by atoms with Crippen molar-refractivity contribution in [1.82, 2.24) is 9.55 Å². The highest BCUT2D eigenvalue weighted by atomic mass is 32.2. The summed E-state index contributed by atoms with van der Waals surface area (Å²) in [4.78, 5) is 4.51. The number of para-hydroxylation sites is 2. The van der Waals surface area contributed by atoms with Crippen LogP contribution in [0.15, 0.2) is 24.3 Å². The predicted molar refractivity (Wildman–Crippen MR) is 72.7 cm³/mol. The van der Waals surface area contributed by atoms with Crippen LogP contribution in [0.5, 0.6) is 0 Å². The summed E-state index contributed by atoms with van der Waals surface area (Å²) in [6, 6.07) is 8.15. The molecule has 2 atom stereocenters. The van der Waals surface area contributed by atoms with E-state index in [4.69, 9.17) is 0 Å². The number of hydrogen-bond acceptors (Lipinski definition) is 3. The molecule has 0 aliphatic carbocycles. The van der Waals surface area contributed by atoms with Crippen molar-refractivity contribution < 1.29 is 4.21 Å². The van der Waals surface area contributed by atoms with E-state index in [1.165, 1.54) is 0 Å². The summed E-state index contributed by atoms with van der Waals surface area (Å²) in [5.74, 6) is 1.45. The minimum absolute atomic E-state index is 0.149. The second-order valence-electron chi connectivity index (χ2n) is 4.27. The Morgan fingerprint density at radius 1 is 1.47 bits per heavy atom. The van der Waals surface area contributed by atoms with Crippen molar-refractivity contribution in [3.8, 4) is 0 Å². The summed E-state index contributed by atoms with van der Waals surface area (Å²) in [6.45, 7) is 2.01. The number of aromatic nitrogens is 2. The molecular formula is C12H17N3OS. The van der Waals surface area contributed by atoms with Crippen LogP contribution < -0.4 is 5.32 Å². The Morgan fingerprint density at radius 3 is 2.82 bits per heavy atom. The van der Waals surface area contributed by atoms with Gasteiger partial charge in [0.25, 0.3) is 0 Å². The standard InChI is InChI=1S/C12H17N3OS/c1-9(8-17(3)16)13-12-14-10-6-4-5-7-11(10)15(12)2/h4-7,9H,8H2,1-3H3,(H,13,14). The Labute approximate surface area is 104 Å². The van der Waals surface area contributed by atoms with Gasteiger partial charge >= 0.3 is 0 Å². The molecule has 0 saturated carbocycles. The Morgan fingerprint density at radius 2 is 2.18 bits per heavy atom. The number of aryl methyl sites for hydroxylation is 1. The van der Waals surface area contributed by atoms with E-state index in [0.29, 0.717) is 5.75 Å². The third-order valence-electron chi connectivity index (χ3n) is 2.65. The van der Waals surface area contributed by atoms with Gasteiger partial charge < -0.3 is 9.88 Å². The van der Waals surface area contributed by atoms with Crippen molar-refractivity contribution in [2.75, 3.05) is 17.3 Å². The van der Waals surface area contributed by atoms with Crippen LogP contribution in [0.4, 0.5) is 5.95 Å². The van der Waals surface area contributed by atoms with Crippen LogP contribution in [0.3, 0.4) is 0 Å². The molecule has 0 bridgehead atoms. The Hall–Kier alpha value is -1.36. The SMILES string of the molecule is CC(CS(C)=O)Nc1nc2ccccc2n1C. The summed E-state index contributed by atoms with van der Waals surface area (Å²) in [6.07, 6.45) is 1.72. The summed E-state index contributed by atoms with van der Waals surface area (Å²) < 4.78 is 13.2. The molecule has 0 aliphatic heterocycles. The minimum atomic E-state index is -0.793. The van der Waals surface area contributed by atoms with Gasteiger partial charge in [0, 0.05) is 35.9 Å². The number of imidazole rings is 1. The summed E-state index contributed by atoms with van der Waals surface area (Å²) >= 11 is 0. The van der Waals surface area contributed by atoms with Gasteiger partial charge in [-0.15, -0.1) is 0 Å². The van der Waals surface area contributed by atoms with E-state index in [0.717, 1.165) is 17.0 Å². The maximum Gasteiger partial charge on any atom is 0.203 e. The number of nitrogens with zero attached hydrogens (tertiary/aromatic N) is 2. The maximum atomic E-state index is 11.1. The number of rotatable bonds is 4. The molecule has 17 heavy (non-hydrogen) atoms. The van der Waals surface area contributed by atoms with Crippen LogP contribution in [0.25, 0.3) is 11.0 Å². The highest BCUT2D eigenvalue weighted by molar-refractivity contribution is 7.84. The molecule has 1 aromatic carbocycles. The monoisotopic (exact) mass is 251 g/mol. The predicted octanol–water partition coefficient (Wildman–Crippen LogP) is 1.75. The Kier molecular flexibility index (Phi) is 3.47. The average Bonchev–Trinajstić information content (AvgIpc) is 2.55. The normalized spacial score (nSPS) is 14.8. The van der Waals surface area contributed by atoms with E-state index in [-0.39, 0.29) is 6.04 Å². The van der Waals surface area contributed by atoms with Crippen LogP contribution >= 0.6 is 0 Å². The zero-order valence-corrected chi connectivity index (χ0v) is 11.1. The molecule has 5 heteroatoms.